The number of quaternary nitrogens is 1. The number of hydrogen-bond acceptors (Lipinski definition) is 5. The van der Waals surface area contributed by atoms with Crippen LogP contribution in [0.1, 0.15) is 123 Å². The van der Waals surface area contributed by atoms with Gasteiger partial charge in [-0.05, 0) is 12.8 Å². The smallest absolute Gasteiger partial charge is 0.379 e. The largest absolute Gasteiger partial charge is 0.472 e. The van der Waals surface area contributed by atoms with Crippen LogP contribution in [0.2, 0.25) is 0 Å². The first-order valence-electron chi connectivity index (χ1n) is 15.3. The number of nitrogens with zero attached hydrogens (tertiary/aromatic N) is 1. The van der Waals surface area contributed by atoms with E-state index in [2.05, 4.69) is 6.92 Å². The summed E-state index contributed by atoms with van der Waals surface area (Å²) < 4.78 is 34.5. The van der Waals surface area contributed by atoms with E-state index >= 15 is 0 Å². The van der Waals surface area contributed by atoms with Gasteiger partial charge in [-0.25, -0.2) is 4.57 Å². The van der Waals surface area contributed by atoms with Crippen LogP contribution in [0.15, 0.2) is 0 Å². The Bertz CT molecular complexity index is 529. The highest BCUT2D eigenvalue weighted by Gasteiger charge is 2.25. The van der Waals surface area contributed by atoms with Gasteiger partial charge in [0.05, 0.1) is 34.4 Å². The third kappa shape index (κ3) is 28.8. The van der Waals surface area contributed by atoms with Crippen molar-refractivity contribution in [2.24, 2.45) is 0 Å². The molecule has 0 saturated carbocycles. The molecule has 0 aromatic carbocycles. The zero-order valence-corrected chi connectivity index (χ0v) is 26.1. The summed E-state index contributed by atoms with van der Waals surface area (Å²) in [5.74, 6) is 0. The minimum Gasteiger partial charge on any atom is -0.379 e. The van der Waals surface area contributed by atoms with E-state index < -0.39 is 7.82 Å². The van der Waals surface area contributed by atoms with E-state index in [1.807, 2.05) is 28.1 Å². The van der Waals surface area contributed by atoms with Crippen molar-refractivity contribution in [3.63, 3.8) is 0 Å². The Labute approximate surface area is 230 Å². The second-order valence-electron chi connectivity index (χ2n) is 11.5. The van der Waals surface area contributed by atoms with Crippen molar-refractivity contribution in [2.75, 3.05) is 60.7 Å². The Morgan fingerprint density at radius 1 is 0.622 bits per heavy atom. The van der Waals surface area contributed by atoms with Gasteiger partial charge in [-0.1, -0.05) is 110 Å². The Kier molecular flexibility index (Phi) is 25.0. The molecule has 0 bridgehead atoms. The van der Waals surface area contributed by atoms with Crippen LogP contribution >= 0.6 is 7.82 Å². The van der Waals surface area contributed by atoms with Crippen LogP contribution < -0.4 is 0 Å². The van der Waals surface area contributed by atoms with Crippen molar-refractivity contribution in [3.8, 4) is 0 Å². The second-order valence-corrected chi connectivity index (χ2v) is 12.9. The lowest BCUT2D eigenvalue weighted by Gasteiger charge is -2.24. The lowest BCUT2D eigenvalue weighted by Crippen LogP contribution is -2.37. The highest BCUT2D eigenvalue weighted by Crippen LogP contribution is 2.43. The molecule has 0 rings (SSSR count). The molecule has 0 aromatic rings. The predicted molar refractivity (Wildman–Crippen MR) is 155 cm³/mol. The molecule has 224 valence electrons. The van der Waals surface area contributed by atoms with Gasteiger partial charge in [0.2, 0.25) is 0 Å². The Morgan fingerprint density at radius 2 is 1.11 bits per heavy atom. The van der Waals surface area contributed by atoms with Crippen LogP contribution in [-0.4, -0.2) is 76.2 Å². The maximum absolute atomic E-state index is 12.1. The molecule has 2 atom stereocenters. The summed E-state index contributed by atoms with van der Waals surface area (Å²) in [4.78, 5) is 9.92. The summed E-state index contributed by atoms with van der Waals surface area (Å²) in [5.41, 5.74) is 0. The quantitative estimate of drug-likeness (QED) is 0.0578. The van der Waals surface area contributed by atoms with Crippen molar-refractivity contribution >= 4 is 7.82 Å². The van der Waals surface area contributed by atoms with Gasteiger partial charge in [0.25, 0.3) is 0 Å². The summed E-state index contributed by atoms with van der Waals surface area (Å²) >= 11 is 0. The molecule has 0 aliphatic heterocycles. The summed E-state index contributed by atoms with van der Waals surface area (Å²) in [6.45, 7) is 6.67. The first-order chi connectivity index (χ1) is 17.7. The van der Waals surface area contributed by atoms with Gasteiger partial charge in [0, 0.05) is 13.2 Å². The Balaban J connectivity index is 3.68. The van der Waals surface area contributed by atoms with Gasteiger partial charge in [0.15, 0.2) is 0 Å². The molecular formula is C29H63NO6P+. The van der Waals surface area contributed by atoms with E-state index in [9.17, 15) is 9.46 Å². The molecule has 37 heavy (non-hydrogen) atoms. The Morgan fingerprint density at radius 3 is 1.57 bits per heavy atom. The lowest BCUT2D eigenvalue weighted by atomic mass is 10.0. The molecule has 0 aliphatic carbocycles. The fourth-order valence-corrected chi connectivity index (χ4v) is 4.78. The maximum Gasteiger partial charge on any atom is 0.472 e. The van der Waals surface area contributed by atoms with Crippen LogP contribution in [-0.2, 0) is 23.1 Å². The zero-order chi connectivity index (χ0) is 27.7. The highest BCUT2D eigenvalue weighted by atomic mass is 31.2. The molecule has 1 unspecified atom stereocenters. The number of unbranched alkanes of at least 4 members (excludes halogenated alkanes) is 15. The molecule has 0 radical (unpaired) electrons. The monoisotopic (exact) mass is 552 g/mol. The van der Waals surface area contributed by atoms with Crippen LogP contribution in [0.4, 0.5) is 0 Å². The third-order valence-electron chi connectivity index (χ3n) is 6.44. The number of ether oxygens (including phenoxy) is 2. The second kappa shape index (κ2) is 25.0. The van der Waals surface area contributed by atoms with Crippen LogP contribution in [0.5, 0.6) is 0 Å². The van der Waals surface area contributed by atoms with E-state index in [0.29, 0.717) is 30.8 Å². The van der Waals surface area contributed by atoms with Gasteiger partial charge >= 0.3 is 7.82 Å². The van der Waals surface area contributed by atoms with Crippen molar-refractivity contribution in [2.45, 2.75) is 129 Å². The van der Waals surface area contributed by atoms with E-state index in [1.54, 1.807) is 0 Å². The number of likely N-dealkylation sites (N-methyl/N-ethyl adjacent to an activating group) is 1. The number of rotatable bonds is 29. The molecule has 0 aromatic heterocycles. The molecular weight excluding hydrogens is 489 g/mol. The van der Waals surface area contributed by atoms with E-state index in [4.69, 9.17) is 18.5 Å². The van der Waals surface area contributed by atoms with Gasteiger partial charge in [0.1, 0.15) is 19.3 Å². The first kappa shape index (κ1) is 37.0. The van der Waals surface area contributed by atoms with Crippen LogP contribution in [0.25, 0.3) is 0 Å². The fourth-order valence-electron chi connectivity index (χ4n) is 4.04. The average molecular weight is 553 g/mol. The normalized spacial score (nSPS) is 14.6. The minimum absolute atomic E-state index is 0.0168. The molecule has 0 fully saturated rings. The van der Waals surface area contributed by atoms with Crippen molar-refractivity contribution < 1.29 is 32.5 Å². The number of hydrogen-bond donors (Lipinski definition) is 1. The fraction of sp³-hybridized carbons (Fsp3) is 1.00. The van der Waals surface area contributed by atoms with Gasteiger partial charge in [-0.3, -0.25) is 9.05 Å². The summed E-state index contributed by atoms with van der Waals surface area (Å²) in [5, 5.41) is 0. The molecule has 7 nitrogen and oxygen atoms in total. The molecule has 8 heteroatoms. The van der Waals surface area contributed by atoms with Crippen LogP contribution in [0.3, 0.4) is 0 Å². The topological polar surface area (TPSA) is 74.2 Å². The van der Waals surface area contributed by atoms with Crippen molar-refractivity contribution in [3.05, 3.63) is 0 Å². The number of phosphoric ester groups is 1. The van der Waals surface area contributed by atoms with Gasteiger partial charge in [-0.2, -0.15) is 0 Å². The maximum atomic E-state index is 12.1. The number of phosphoric acid groups is 1. The standard InChI is InChI=1S/C29H62NO6P/c1-6-8-9-10-11-12-13-14-15-16-17-18-19-20-21-22-25-33-27-29(34-24-7-2)28-36-37(31,32)35-26-23-30(3,4)5/h29H,6-28H2,1-5H3/p+1/t29-/m0/s1. The highest BCUT2D eigenvalue weighted by molar-refractivity contribution is 7.47. The summed E-state index contributed by atoms with van der Waals surface area (Å²) in [6, 6.07) is 0. The SMILES string of the molecule is CCCCCCCCCCCCCCCCCCOC[C@@H](COP(=O)(O)OCC[N+](C)(C)C)OCCC. The lowest BCUT2D eigenvalue weighted by molar-refractivity contribution is -0.870. The molecule has 0 aliphatic rings. The summed E-state index contributed by atoms with van der Waals surface area (Å²) in [7, 11) is 1.90. The molecule has 0 amide bonds. The molecule has 1 N–H and O–H groups in total. The van der Waals surface area contributed by atoms with Crippen molar-refractivity contribution in [1.82, 2.24) is 0 Å². The van der Waals surface area contributed by atoms with Crippen LogP contribution in [0, 0.1) is 0 Å². The van der Waals surface area contributed by atoms with E-state index in [0.717, 1.165) is 12.8 Å². The zero-order valence-electron chi connectivity index (χ0n) is 25.2. The van der Waals surface area contributed by atoms with E-state index in [-0.39, 0.29) is 19.3 Å². The van der Waals surface area contributed by atoms with Gasteiger partial charge < -0.3 is 18.9 Å². The minimum atomic E-state index is -4.09. The average Bonchev–Trinajstić information content (AvgIpc) is 2.83. The first-order valence-corrected chi connectivity index (χ1v) is 16.8. The molecule has 0 spiro atoms. The predicted octanol–water partition coefficient (Wildman–Crippen LogP) is 7.90. The summed E-state index contributed by atoms with van der Waals surface area (Å²) in [6.07, 6.45) is 22.1. The van der Waals surface area contributed by atoms with Gasteiger partial charge in [-0.15, -0.1) is 0 Å². The van der Waals surface area contributed by atoms with Crippen molar-refractivity contribution in [1.29, 1.82) is 0 Å². The Hall–Kier alpha value is -0.0100. The molecule has 0 heterocycles. The van der Waals surface area contributed by atoms with E-state index in [1.165, 1.54) is 96.3 Å². The third-order valence-corrected chi connectivity index (χ3v) is 7.43. The molecule has 0 saturated heterocycles.